The van der Waals surface area contributed by atoms with E-state index in [2.05, 4.69) is 59.2 Å². The van der Waals surface area contributed by atoms with Gasteiger partial charge in [0.1, 0.15) is 5.75 Å². The van der Waals surface area contributed by atoms with E-state index in [0.717, 1.165) is 34.3 Å². The molecule has 1 aromatic carbocycles. The van der Waals surface area contributed by atoms with E-state index in [9.17, 15) is 0 Å². The number of nitrogens with zero attached hydrogens (tertiary/aromatic N) is 2. The van der Waals surface area contributed by atoms with Gasteiger partial charge in [-0.3, -0.25) is 0 Å². The Morgan fingerprint density at radius 2 is 2.06 bits per heavy atom. The number of hydrogen-bond donors (Lipinski definition) is 0. The third kappa shape index (κ3) is 2.53. The van der Waals surface area contributed by atoms with Crippen molar-refractivity contribution in [2.24, 2.45) is 0 Å². The maximum absolute atomic E-state index is 5.74. The van der Waals surface area contributed by atoms with Gasteiger partial charge in [-0.1, -0.05) is 6.92 Å². The normalized spacial score (nSPS) is 12.1. The number of aromatic nitrogens is 2. The molecule has 2 aromatic rings. The average Bonchev–Trinajstić information content (AvgIpc) is 2.68. The Hall–Kier alpha value is -1.03. The predicted octanol–water partition coefficient (Wildman–Crippen LogP) is 4.34. The molecule has 1 aromatic heterocycles. The minimum atomic E-state index is 0.0185. The zero-order chi connectivity index (χ0) is 13.3. The van der Waals surface area contributed by atoms with E-state index in [1.165, 1.54) is 0 Å². The van der Waals surface area contributed by atoms with Crippen LogP contribution in [-0.4, -0.2) is 16.2 Å². The van der Waals surface area contributed by atoms with Gasteiger partial charge < -0.3 is 9.30 Å². The van der Waals surface area contributed by atoms with E-state index in [1.807, 2.05) is 12.4 Å². The van der Waals surface area contributed by atoms with Crippen LogP contribution < -0.4 is 4.74 Å². The summed E-state index contributed by atoms with van der Waals surface area (Å²) in [6.07, 6.45) is 2.89. The average molecular weight is 311 g/mol. The van der Waals surface area contributed by atoms with Crippen molar-refractivity contribution in [3.8, 4) is 5.75 Å². The SMILES string of the molecule is CCCOc1cc2c(cc1Br)ncn2C(C)(C)C. The molecular weight excluding hydrogens is 292 g/mol. The molecule has 0 radical (unpaired) electrons. The fourth-order valence-electron chi connectivity index (χ4n) is 1.87. The Bertz CT molecular complexity index is 555. The number of halogens is 1. The third-order valence-electron chi connectivity index (χ3n) is 2.79. The Labute approximate surface area is 116 Å². The predicted molar refractivity (Wildman–Crippen MR) is 78.2 cm³/mol. The fourth-order valence-corrected chi connectivity index (χ4v) is 2.31. The summed E-state index contributed by atoms with van der Waals surface area (Å²) in [4.78, 5) is 4.44. The highest BCUT2D eigenvalue weighted by Crippen LogP contribution is 2.32. The Balaban J connectivity index is 2.52. The molecule has 0 spiro atoms. The molecule has 0 N–H and O–H groups in total. The Morgan fingerprint density at radius 3 is 2.67 bits per heavy atom. The van der Waals surface area contributed by atoms with Crippen LogP contribution >= 0.6 is 15.9 Å². The molecule has 4 heteroatoms. The second-order valence-electron chi connectivity index (χ2n) is 5.41. The van der Waals surface area contributed by atoms with Crippen LogP contribution in [0.4, 0.5) is 0 Å². The molecule has 0 unspecified atom stereocenters. The summed E-state index contributed by atoms with van der Waals surface area (Å²) in [5, 5.41) is 0. The quantitative estimate of drug-likeness (QED) is 0.843. The lowest BCUT2D eigenvalue weighted by atomic mass is 10.1. The van der Waals surface area contributed by atoms with Crippen LogP contribution in [-0.2, 0) is 5.54 Å². The van der Waals surface area contributed by atoms with Crippen molar-refractivity contribution >= 4 is 27.0 Å². The molecule has 0 aliphatic heterocycles. The molecule has 0 saturated carbocycles. The summed E-state index contributed by atoms with van der Waals surface area (Å²) >= 11 is 3.53. The van der Waals surface area contributed by atoms with Gasteiger partial charge in [-0.05, 0) is 49.2 Å². The lowest BCUT2D eigenvalue weighted by Crippen LogP contribution is -2.20. The van der Waals surface area contributed by atoms with E-state index >= 15 is 0 Å². The lowest BCUT2D eigenvalue weighted by Gasteiger charge is -2.22. The van der Waals surface area contributed by atoms with Gasteiger partial charge in [0.05, 0.1) is 28.4 Å². The highest BCUT2D eigenvalue weighted by Gasteiger charge is 2.17. The van der Waals surface area contributed by atoms with Crippen molar-refractivity contribution in [2.45, 2.75) is 39.7 Å². The summed E-state index contributed by atoms with van der Waals surface area (Å²) in [7, 11) is 0. The second-order valence-corrected chi connectivity index (χ2v) is 6.26. The summed E-state index contributed by atoms with van der Waals surface area (Å²) in [6, 6.07) is 4.08. The first-order valence-corrected chi connectivity index (χ1v) is 7.02. The van der Waals surface area contributed by atoms with Crippen molar-refractivity contribution < 1.29 is 4.74 Å². The minimum absolute atomic E-state index is 0.0185. The van der Waals surface area contributed by atoms with Gasteiger partial charge in [0.25, 0.3) is 0 Å². The van der Waals surface area contributed by atoms with Crippen LogP contribution in [0.1, 0.15) is 34.1 Å². The molecule has 1 heterocycles. The number of rotatable bonds is 3. The van der Waals surface area contributed by atoms with Gasteiger partial charge in [0.2, 0.25) is 0 Å². The fraction of sp³-hybridized carbons (Fsp3) is 0.500. The van der Waals surface area contributed by atoms with E-state index < -0.39 is 0 Å². The van der Waals surface area contributed by atoms with Crippen molar-refractivity contribution in [1.29, 1.82) is 0 Å². The van der Waals surface area contributed by atoms with Crippen LogP contribution in [0, 0.1) is 0 Å². The van der Waals surface area contributed by atoms with Crippen molar-refractivity contribution in [3.63, 3.8) is 0 Å². The summed E-state index contributed by atoms with van der Waals surface area (Å²) in [5.74, 6) is 0.885. The van der Waals surface area contributed by atoms with Gasteiger partial charge in [-0.25, -0.2) is 4.98 Å². The van der Waals surface area contributed by atoms with E-state index in [4.69, 9.17) is 4.74 Å². The van der Waals surface area contributed by atoms with Gasteiger partial charge in [0.15, 0.2) is 0 Å². The van der Waals surface area contributed by atoms with Crippen LogP contribution in [0.5, 0.6) is 5.75 Å². The smallest absolute Gasteiger partial charge is 0.135 e. The van der Waals surface area contributed by atoms with Crippen molar-refractivity contribution in [2.75, 3.05) is 6.61 Å². The molecule has 0 aliphatic rings. The molecular formula is C14H19BrN2O. The first-order valence-electron chi connectivity index (χ1n) is 6.23. The first-order chi connectivity index (χ1) is 8.43. The van der Waals surface area contributed by atoms with Crippen LogP contribution in [0.15, 0.2) is 22.9 Å². The van der Waals surface area contributed by atoms with Gasteiger partial charge in [-0.15, -0.1) is 0 Å². The maximum atomic E-state index is 5.74. The monoisotopic (exact) mass is 310 g/mol. The summed E-state index contributed by atoms with van der Waals surface area (Å²) in [6.45, 7) is 9.34. The molecule has 98 valence electrons. The number of imidazole rings is 1. The number of benzene rings is 1. The second kappa shape index (κ2) is 4.92. The zero-order valence-corrected chi connectivity index (χ0v) is 12.9. The standard InChI is InChI=1S/C14H19BrN2O/c1-5-6-18-13-8-12-11(7-10(13)15)16-9-17(12)14(2,3)4/h7-9H,5-6H2,1-4H3. The van der Waals surface area contributed by atoms with Crippen molar-refractivity contribution in [1.82, 2.24) is 9.55 Å². The Kier molecular flexibility index (Phi) is 3.66. The number of ether oxygens (including phenoxy) is 1. The highest BCUT2D eigenvalue weighted by atomic mass is 79.9. The van der Waals surface area contributed by atoms with Crippen LogP contribution in [0.2, 0.25) is 0 Å². The van der Waals surface area contributed by atoms with Gasteiger partial charge in [0, 0.05) is 11.6 Å². The van der Waals surface area contributed by atoms with Crippen LogP contribution in [0.3, 0.4) is 0 Å². The molecule has 0 saturated heterocycles. The molecule has 0 aliphatic carbocycles. The molecule has 18 heavy (non-hydrogen) atoms. The summed E-state index contributed by atoms with van der Waals surface area (Å²) < 4.78 is 8.88. The topological polar surface area (TPSA) is 27.1 Å². The molecule has 0 atom stereocenters. The number of fused-ring (bicyclic) bond motifs is 1. The molecule has 0 amide bonds. The largest absolute Gasteiger partial charge is 0.492 e. The molecule has 3 nitrogen and oxygen atoms in total. The van der Waals surface area contributed by atoms with Gasteiger partial charge in [-0.2, -0.15) is 0 Å². The molecule has 0 fully saturated rings. The summed E-state index contributed by atoms with van der Waals surface area (Å²) in [5.41, 5.74) is 2.11. The first kappa shape index (κ1) is 13.4. The number of hydrogen-bond acceptors (Lipinski definition) is 2. The third-order valence-corrected chi connectivity index (χ3v) is 3.41. The highest BCUT2D eigenvalue weighted by molar-refractivity contribution is 9.10. The zero-order valence-electron chi connectivity index (χ0n) is 11.3. The van der Waals surface area contributed by atoms with Gasteiger partial charge >= 0.3 is 0 Å². The minimum Gasteiger partial charge on any atom is -0.492 e. The van der Waals surface area contributed by atoms with E-state index in [-0.39, 0.29) is 5.54 Å². The van der Waals surface area contributed by atoms with Crippen molar-refractivity contribution in [3.05, 3.63) is 22.9 Å². The maximum Gasteiger partial charge on any atom is 0.135 e. The van der Waals surface area contributed by atoms with E-state index in [0.29, 0.717) is 0 Å². The van der Waals surface area contributed by atoms with E-state index in [1.54, 1.807) is 0 Å². The lowest BCUT2D eigenvalue weighted by molar-refractivity contribution is 0.315. The molecule has 0 bridgehead atoms. The Morgan fingerprint density at radius 1 is 1.33 bits per heavy atom. The van der Waals surface area contributed by atoms with Crippen LogP contribution in [0.25, 0.3) is 11.0 Å². The molecule has 2 rings (SSSR count).